The Balaban J connectivity index is 1.39. The molecule has 3 atom stereocenters. The van der Waals surface area contributed by atoms with Crippen molar-refractivity contribution in [2.45, 2.75) is 31.3 Å². The maximum absolute atomic E-state index is 5.74. The molecule has 0 bridgehead atoms. The van der Waals surface area contributed by atoms with Gasteiger partial charge >= 0.3 is 0 Å². The highest BCUT2D eigenvalue weighted by Gasteiger charge is 2.34. The lowest BCUT2D eigenvalue weighted by Crippen LogP contribution is -2.51. The summed E-state index contributed by atoms with van der Waals surface area (Å²) >= 11 is 0. The second-order valence-electron chi connectivity index (χ2n) is 5.95. The molecular formula is C17H26N2O2. The molecule has 3 unspecified atom stereocenters. The zero-order valence-electron chi connectivity index (χ0n) is 12.6. The Morgan fingerprint density at radius 3 is 2.95 bits per heavy atom. The van der Waals surface area contributed by atoms with Crippen molar-refractivity contribution in [3.05, 3.63) is 30.3 Å². The van der Waals surface area contributed by atoms with Crippen molar-refractivity contribution in [3.8, 4) is 5.75 Å². The molecule has 1 saturated carbocycles. The second kappa shape index (κ2) is 7.78. The molecule has 0 spiro atoms. The molecule has 3 rings (SSSR count). The molecule has 1 saturated heterocycles. The summed E-state index contributed by atoms with van der Waals surface area (Å²) in [5, 5.41) is 7.29. The summed E-state index contributed by atoms with van der Waals surface area (Å²) in [5.41, 5.74) is 0. The predicted molar refractivity (Wildman–Crippen MR) is 83.7 cm³/mol. The lowest BCUT2D eigenvalue weighted by atomic mass is 9.94. The molecule has 1 aromatic carbocycles. The van der Waals surface area contributed by atoms with Crippen LogP contribution in [-0.2, 0) is 4.74 Å². The first-order chi connectivity index (χ1) is 10.4. The maximum atomic E-state index is 5.74. The van der Waals surface area contributed by atoms with Crippen molar-refractivity contribution in [3.63, 3.8) is 0 Å². The minimum absolute atomic E-state index is 0.522. The first-order valence-corrected chi connectivity index (χ1v) is 8.16. The van der Waals surface area contributed by atoms with Crippen molar-refractivity contribution in [2.24, 2.45) is 5.92 Å². The van der Waals surface area contributed by atoms with Gasteiger partial charge in [0.1, 0.15) is 12.4 Å². The van der Waals surface area contributed by atoms with Crippen LogP contribution in [0.4, 0.5) is 0 Å². The highest BCUT2D eigenvalue weighted by atomic mass is 16.5. The van der Waals surface area contributed by atoms with E-state index in [-0.39, 0.29) is 0 Å². The average molecular weight is 290 g/mol. The molecule has 1 aromatic rings. The van der Waals surface area contributed by atoms with E-state index in [1.165, 1.54) is 19.3 Å². The third kappa shape index (κ3) is 4.19. The third-order valence-electron chi connectivity index (χ3n) is 4.56. The van der Waals surface area contributed by atoms with E-state index in [1.54, 1.807) is 0 Å². The number of benzene rings is 1. The number of nitrogens with one attached hydrogen (secondary N) is 2. The van der Waals surface area contributed by atoms with E-state index in [0.717, 1.165) is 38.7 Å². The Morgan fingerprint density at radius 2 is 2.14 bits per heavy atom. The van der Waals surface area contributed by atoms with Crippen molar-refractivity contribution in [1.29, 1.82) is 0 Å². The monoisotopic (exact) mass is 290 g/mol. The van der Waals surface area contributed by atoms with Crippen molar-refractivity contribution in [1.82, 2.24) is 10.6 Å². The molecule has 1 aliphatic heterocycles. The molecule has 21 heavy (non-hydrogen) atoms. The van der Waals surface area contributed by atoms with Gasteiger partial charge < -0.3 is 20.1 Å². The largest absolute Gasteiger partial charge is 0.492 e. The number of rotatable bonds is 6. The molecule has 1 aliphatic carbocycles. The van der Waals surface area contributed by atoms with E-state index >= 15 is 0 Å². The van der Waals surface area contributed by atoms with Crippen molar-refractivity contribution in [2.75, 3.05) is 32.9 Å². The summed E-state index contributed by atoms with van der Waals surface area (Å²) in [6.45, 7) is 4.34. The fraction of sp³-hybridized carbons (Fsp3) is 0.647. The number of hydrogen-bond donors (Lipinski definition) is 2. The van der Waals surface area contributed by atoms with Gasteiger partial charge in [0.15, 0.2) is 0 Å². The van der Waals surface area contributed by atoms with Crippen LogP contribution in [0.2, 0.25) is 0 Å². The summed E-state index contributed by atoms with van der Waals surface area (Å²) in [7, 11) is 0. The number of ether oxygens (including phenoxy) is 2. The van der Waals surface area contributed by atoms with Crippen molar-refractivity contribution >= 4 is 0 Å². The topological polar surface area (TPSA) is 42.5 Å². The van der Waals surface area contributed by atoms with Crippen LogP contribution >= 0.6 is 0 Å². The SMILES string of the molecule is c1ccc(OCCNC2CCCC2C2COCCN2)cc1. The van der Waals surface area contributed by atoms with Gasteiger partial charge in [-0.1, -0.05) is 24.6 Å². The Kier molecular flexibility index (Phi) is 5.49. The van der Waals surface area contributed by atoms with E-state index in [9.17, 15) is 0 Å². The lowest BCUT2D eigenvalue weighted by Gasteiger charge is -2.33. The van der Waals surface area contributed by atoms with Gasteiger partial charge in [0.25, 0.3) is 0 Å². The van der Waals surface area contributed by atoms with Gasteiger partial charge in [-0.15, -0.1) is 0 Å². The average Bonchev–Trinajstić information content (AvgIpc) is 3.02. The number of morpholine rings is 1. The first kappa shape index (κ1) is 14.8. The van der Waals surface area contributed by atoms with Gasteiger partial charge in [0.05, 0.1) is 13.2 Å². The predicted octanol–water partition coefficient (Wildman–Crippen LogP) is 1.81. The Morgan fingerprint density at radius 1 is 1.24 bits per heavy atom. The molecule has 2 fully saturated rings. The number of hydrogen-bond acceptors (Lipinski definition) is 4. The van der Waals surface area contributed by atoms with E-state index < -0.39 is 0 Å². The summed E-state index contributed by atoms with van der Waals surface area (Å²) in [6, 6.07) is 11.1. The van der Waals surface area contributed by atoms with Crippen LogP contribution in [0.15, 0.2) is 30.3 Å². The summed E-state index contributed by atoms with van der Waals surface area (Å²) in [6.07, 6.45) is 3.90. The zero-order chi connectivity index (χ0) is 14.3. The highest BCUT2D eigenvalue weighted by Crippen LogP contribution is 2.29. The molecular weight excluding hydrogens is 264 g/mol. The van der Waals surface area contributed by atoms with Crippen LogP contribution < -0.4 is 15.4 Å². The second-order valence-corrected chi connectivity index (χ2v) is 5.95. The van der Waals surface area contributed by atoms with E-state index in [2.05, 4.69) is 10.6 Å². The van der Waals surface area contributed by atoms with Crippen LogP contribution in [0.5, 0.6) is 5.75 Å². The van der Waals surface area contributed by atoms with E-state index in [0.29, 0.717) is 18.0 Å². The molecule has 2 aliphatic rings. The van der Waals surface area contributed by atoms with Crippen LogP contribution in [0.3, 0.4) is 0 Å². The highest BCUT2D eigenvalue weighted by molar-refractivity contribution is 5.20. The Hall–Kier alpha value is -1.10. The molecule has 4 nitrogen and oxygen atoms in total. The quantitative estimate of drug-likeness (QED) is 0.784. The normalized spacial score (nSPS) is 29.4. The summed E-state index contributed by atoms with van der Waals surface area (Å²) < 4.78 is 11.4. The fourth-order valence-corrected chi connectivity index (χ4v) is 3.51. The molecule has 116 valence electrons. The van der Waals surface area contributed by atoms with Gasteiger partial charge in [0, 0.05) is 25.2 Å². The summed E-state index contributed by atoms with van der Waals surface area (Å²) in [5.74, 6) is 1.65. The van der Waals surface area contributed by atoms with Crippen LogP contribution in [-0.4, -0.2) is 45.0 Å². The van der Waals surface area contributed by atoms with Crippen LogP contribution in [0, 0.1) is 5.92 Å². The zero-order valence-corrected chi connectivity index (χ0v) is 12.6. The first-order valence-electron chi connectivity index (χ1n) is 8.16. The third-order valence-corrected chi connectivity index (χ3v) is 4.56. The molecule has 1 heterocycles. The maximum Gasteiger partial charge on any atom is 0.119 e. The standard InChI is InChI=1S/C17H26N2O2/c1-2-5-14(6-3-1)21-12-10-18-16-8-4-7-15(16)17-13-20-11-9-19-17/h1-3,5-6,15-19H,4,7-13H2. The van der Waals surface area contributed by atoms with Crippen LogP contribution in [0.1, 0.15) is 19.3 Å². The van der Waals surface area contributed by atoms with Gasteiger partial charge in [-0.3, -0.25) is 0 Å². The summed E-state index contributed by atoms with van der Waals surface area (Å²) in [4.78, 5) is 0. The molecule has 0 amide bonds. The molecule has 0 radical (unpaired) electrons. The number of para-hydroxylation sites is 1. The van der Waals surface area contributed by atoms with Gasteiger partial charge in [-0.25, -0.2) is 0 Å². The molecule has 0 aromatic heterocycles. The van der Waals surface area contributed by atoms with Gasteiger partial charge in [-0.2, -0.15) is 0 Å². The van der Waals surface area contributed by atoms with E-state index in [1.807, 2.05) is 30.3 Å². The minimum atomic E-state index is 0.522. The van der Waals surface area contributed by atoms with Gasteiger partial charge in [-0.05, 0) is 30.9 Å². The van der Waals surface area contributed by atoms with Crippen LogP contribution in [0.25, 0.3) is 0 Å². The fourth-order valence-electron chi connectivity index (χ4n) is 3.51. The minimum Gasteiger partial charge on any atom is -0.492 e. The smallest absolute Gasteiger partial charge is 0.119 e. The van der Waals surface area contributed by atoms with Crippen molar-refractivity contribution < 1.29 is 9.47 Å². The molecule has 2 N–H and O–H groups in total. The van der Waals surface area contributed by atoms with E-state index in [4.69, 9.17) is 9.47 Å². The Labute approximate surface area is 127 Å². The molecule has 4 heteroatoms. The lowest BCUT2D eigenvalue weighted by molar-refractivity contribution is 0.0523. The Bertz CT molecular complexity index is 407. The van der Waals surface area contributed by atoms with Gasteiger partial charge in [0.2, 0.25) is 0 Å².